The lowest BCUT2D eigenvalue weighted by Crippen LogP contribution is -2.41. The second kappa shape index (κ2) is 7.43. The zero-order valence-electron chi connectivity index (χ0n) is 13.4. The summed E-state index contributed by atoms with van der Waals surface area (Å²) in [6.45, 7) is 2.15. The van der Waals surface area contributed by atoms with Gasteiger partial charge >= 0.3 is 5.97 Å². The van der Waals surface area contributed by atoms with Crippen molar-refractivity contribution in [2.45, 2.75) is 24.9 Å². The van der Waals surface area contributed by atoms with Gasteiger partial charge in [0.2, 0.25) is 15.0 Å². The minimum atomic E-state index is -3.64. The lowest BCUT2D eigenvalue weighted by molar-refractivity contribution is -0.146. The summed E-state index contributed by atoms with van der Waals surface area (Å²) in [4.78, 5) is 33.1. The molecule has 10 heteroatoms. The molecule has 0 atom stereocenters. The van der Waals surface area contributed by atoms with Crippen molar-refractivity contribution in [1.82, 2.24) is 14.9 Å². The SMILES string of the molecule is CCS(=O)(=O)c1ncc(Cl)c(C(=O)N2CCC(C(=O)OC)CC2)n1. The molecule has 1 aliphatic rings. The molecule has 0 saturated carbocycles. The number of hydrogen-bond donors (Lipinski definition) is 0. The summed E-state index contributed by atoms with van der Waals surface area (Å²) in [5.41, 5.74) is -0.143. The number of carbonyl (C=O) groups excluding carboxylic acids is 2. The lowest BCUT2D eigenvalue weighted by atomic mass is 9.97. The monoisotopic (exact) mass is 375 g/mol. The fraction of sp³-hybridized carbons (Fsp3) is 0.571. The van der Waals surface area contributed by atoms with Crippen LogP contribution in [0, 0.1) is 5.92 Å². The number of aromatic nitrogens is 2. The summed E-state index contributed by atoms with van der Waals surface area (Å²) in [6.07, 6.45) is 2.06. The fourth-order valence-corrected chi connectivity index (χ4v) is 3.29. The molecule has 132 valence electrons. The third kappa shape index (κ3) is 3.84. The largest absolute Gasteiger partial charge is 0.469 e. The zero-order chi connectivity index (χ0) is 17.9. The van der Waals surface area contributed by atoms with E-state index in [1.165, 1.54) is 18.9 Å². The van der Waals surface area contributed by atoms with Crippen LogP contribution in [0.4, 0.5) is 0 Å². The van der Waals surface area contributed by atoms with Crippen molar-refractivity contribution < 1.29 is 22.7 Å². The third-order valence-electron chi connectivity index (χ3n) is 3.90. The molecule has 0 spiro atoms. The Balaban J connectivity index is 2.19. The second-order valence-electron chi connectivity index (χ2n) is 5.34. The quantitative estimate of drug-likeness (QED) is 0.569. The Bertz CT molecular complexity index is 745. The molecule has 0 bridgehead atoms. The molecular formula is C14H18ClN3O5S. The van der Waals surface area contributed by atoms with Crippen molar-refractivity contribution in [1.29, 1.82) is 0 Å². The maximum atomic E-state index is 12.6. The first-order valence-electron chi connectivity index (χ1n) is 7.42. The molecule has 1 amide bonds. The van der Waals surface area contributed by atoms with Crippen LogP contribution in [0.2, 0.25) is 5.02 Å². The molecule has 1 saturated heterocycles. The van der Waals surface area contributed by atoms with Gasteiger partial charge in [-0.1, -0.05) is 18.5 Å². The van der Waals surface area contributed by atoms with Crippen LogP contribution in [0.3, 0.4) is 0 Å². The Labute approximate surface area is 145 Å². The van der Waals surface area contributed by atoms with Crippen LogP contribution in [-0.4, -0.2) is 61.1 Å². The summed E-state index contributed by atoms with van der Waals surface area (Å²) in [5, 5.41) is -0.424. The van der Waals surface area contributed by atoms with Crippen LogP contribution < -0.4 is 0 Å². The predicted molar refractivity (Wildman–Crippen MR) is 85.4 cm³/mol. The van der Waals surface area contributed by atoms with Crippen molar-refractivity contribution >= 4 is 33.3 Å². The first-order valence-corrected chi connectivity index (χ1v) is 9.45. The lowest BCUT2D eigenvalue weighted by Gasteiger charge is -2.30. The van der Waals surface area contributed by atoms with Gasteiger partial charge in [-0.3, -0.25) is 9.59 Å². The summed E-state index contributed by atoms with van der Waals surface area (Å²) in [5.74, 6) is -1.18. The summed E-state index contributed by atoms with van der Waals surface area (Å²) < 4.78 is 28.4. The molecule has 0 aromatic carbocycles. The normalized spacial score (nSPS) is 16.0. The highest BCUT2D eigenvalue weighted by molar-refractivity contribution is 7.91. The number of ether oxygens (including phenoxy) is 1. The molecule has 2 rings (SSSR count). The smallest absolute Gasteiger partial charge is 0.308 e. The molecule has 1 fully saturated rings. The van der Waals surface area contributed by atoms with Crippen molar-refractivity contribution in [2.75, 3.05) is 26.0 Å². The van der Waals surface area contributed by atoms with Crippen molar-refractivity contribution in [3.05, 3.63) is 16.9 Å². The van der Waals surface area contributed by atoms with E-state index in [1.54, 1.807) is 0 Å². The molecule has 8 nitrogen and oxygen atoms in total. The molecule has 0 radical (unpaired) electrons. The molecule has 0 N–H and O–H groups in total. The van der Waals surface area contributed by atoms with Gasteiger partial charge in [0.15, 0.2) is 5.69 Å². The molecule has 0 unspecified atom stereocenters. The van der Waals surface area contributed by atoms with Gasteiger partial charge in [0.1, 0.15) is 0 Å². The predicted octanol–water partition coefficient (Wildman–Crippen LogP) is 0.949. The van der Waals surface area contributed by atoms with Crippen molar-refractivity contribution in [3.63, 3.8) is 0 Å². The average Bonchev–Trinajstić information content (AvgIpc) is 2.60. The van der Waals surface area contributed by atoms with E-state index in [9.17, 15) is 18.0 Å². The van der Waals surface area contributed by atoms with E-state index >= 15 is 0 Å². The number of likely N-dealkylation sites (tertiary alicyclic amines) is 1. The van der Waals surface area contributed by atoms with Gasteiger partial charge in [-0.25, -0.2) is 18.4 Å². The number of nitrogens with zero attached hydrogens (tertiary/aromatic N) is 3. The molecule has 0 aliphatic carbocycles. The molecule has 1 aromatic heterocycles. The van der Waals surface area contributed by atoms with Gasteiger partial charge in [0.25, 0.3) is 5.91 Å². The van der Waals surface area contributed by atoms with E-state index < -0.39 is 20.9 Å². The van der Waals surface area contributed by atoms with Gasteiger partial charge in [-0.05, 0) is 12.8 Å². The van der Waals surface area contributed by atoms with Crippen LogP contribution >= 0.6 is 11.6 Å². The number of amides is 1. The standard InChI is InChI=1S/C14H18ClN3O5S/c1-3-24(21,22)14-16-8-10(15)11(17-14)12(19)18-6-4-9(5-7-18)13(20)23-2/h8-9H,3-7H2,1-2H3. The highest BCUT2D eigenvalue weighted by Crippen LogP contribution is 2.22. The van der Waals surface area contributed by atoms with E-state index in [-0.39, 0.29) is 28.4 Å². The van der Waals surface area contributed by atoms with Gasteiger partial charge in [0, 0.05) is 13.1 Å². The summed E-state index contributed by atoms with van der Waals surface area (Å²) in [6, 6.07) is 0. The molecule has 1 aliphatic heterocycles. The zero-order valence-corrected chi connectivity index (χ0v) is 14.9. The first kappa shape index (κ1) is 18.6. The van der Waals surface area contributed by atoms with E-state index in [0.29, 0.717) is 25.9 Å². The number of rotatable bonds is 4. The van der Waals surface area contributed by atoms with Gasteiger partial charge in [-0.15, -0.1) is 0 Å². The van der Waals surface area contributed by atoms with E-state index in [0.717, 1.165) is 6.20 Å². The van der Waals surface area contributed by atoms with E-state index in [2.05, 4.69) is 9.97 Å². The van der Waals surface area contributed by atoms with Crippen LogP contribution in [0.1, 0.15) is 30.3 Å². The number of esters is 1. The second-order valence-corrected chi connectivity index (χ2v) is 7.92. The highest BCUT2D eigenvalue weighted by atomic mass is 35.5. The summed E-state index contributed by atoms with van der Waals surface area (Å²) in [7, 11) is -2.31. The van der Waals surface area contributed by atoms with Crippen molar-refractivity contribution in [3.8, 4) is 0 Å². The highest BCUT2D eigenvalue weighted by Gasteiger charge is 2.30. The number of hydrogen-bond acceptors (Lipinski definition) is 7. The fourth-order valence-electron chi connectivity index (χ4n) is 2.41. The number of halogens is 1. The average molecular weight is 376 g/mol. The van der Waals surface area contributed by atoms with Gasteiger partial charge in [0.05, 0.1) is 30.0 Å². The third-order valence-corrected chi connectivity index (χ3v) is 5.69. The van der Waals surface area contributed by atoms with Gasteiger partial charge in [-0.2, -0.15) is 0 Å². The number of methoxy groups -OCH3 is 1. The first-order chi connectivity index (χ1) is 11.3. The van der Waals surface area contributed by atoms with E-state index in [4.69, 9.17) is 16.3 Å². The summed E-state index contributed by atoms with van der Waals surface area (Å²) >= 11 is 5.96. The topological polar surface area (TPSA) is 107 Å². The van der Waals surface area contributed by atoms with Crippen LogP contribution in [0.15, 0.2) is 11.4 Å². The van der Waals surface area contributed by atoms with Crippen LogP contribution in [0.5, 0.6) is 0 Å². The maximum Gasteiger partial charge on any atom is 0.308 e. The Hall–Kier alpha value is -1.74. The molecule has 2 heterocycles. The minimum absolute atomic E-state index is 0.00913. The van der Waals surface area contributed by atoms with Gasteiger partial charge < -0.3 is 9.64 Å². The Morgan fingerprint density at radius 3 is 2.54 bits per heavy atom. The Morgan fingerprint density at radius 2 is 2.00 bits per heavy atom. The number of sulfone groups is 1. The maximum absolute atomic E-state index is 12.6. The number of piperidine rings is 1. The van der Waals surface area contributed by atoms with E-state index in [1.807, 2.05) is 0 Å². The number of carbonyl (C=O) groups is 2. The van der Waals surface area contributed by atoms with Crippen LogP contribution in [0.25, 0.3) is 0 Å². The minimum Gasteiger partial charge on any atom is -0.469 e. The Morgan fingerprint density at radius 1 is 1.38 bits per heavy atom. The Kier molecular flexibility index (Phi) is 5.76. The molecule has 24 heavy (non-hydrogen) atoms. The molecule has 1 aromatic rings. The molecular weight excluding hydrogens is 358 g/mol. The van der Waals surface area contributed by atoms with Crippen LogP contribution in [-0.2, 0) is 19.4 Å². The van der Waals surface area contributed by atoms with Crippen molar-refractivity contribution in [2.24, 2.45) is 5.92 Å².